The Balaban J connectivity index is 1.45. The molecular formula is C28H30N2OS. The van der Waals surface area contributed by atoms with Gasteiger partial charge in [-0.25, -0.2) is 0 Å². The zero-order chi connectivity index (χ0) is 22.7. The Bertz CT molecular complexity index is 1270. The molecule has 0 aliphatic heterocycles. The lowest BCUT2D eigenvalue weighted by molar-refractivity contribution is 0.0952. The second-order valence-electron chi connectivity index (χ2n) is 8.48. The van der Waals surface area contributed by atoms with E-state index < -0.39 is 0 Å². The summed E-state index contributed by atoms with van der Waals surface area (Å²) in [5.74, 6) is 0.930. The Morgan fingerprint density at radius 3 is 2.50 bits per heavy atom. The minimum atomic E-state index is -0.0194. The number of para-hydroxylation sites is 1. The van der Waals surface area contributed by atoms with E-state index in [1.807, 2.05) is 36.9 Å². The van der Waals surface area contributed by atoms with E-state index in [0.29, 0.717) is 6.54 Å². The fraction of sp³-hybridized carbons (Fsp3) is 0.250. The molecule has 0 aliphatic carbocycles. The van der Waals surface area contributed by atoms with Crippen LogP contribution in [0.2, 0.25) is 0 Å². The third kappa shape index (κ3) is 4.91. The van der Waals surface area contributed by atoms with Crippen molar-refractivity contribution in [3.63, 3.8) is 0 Å². The number of amides is 1. The Kier molecular flexibility index (Phi) is 6.71. The molecule has 1 heterocycles. The maximum absolute atomic E-state index is 12.6. The minimum absolute atomic E-state index is 0.0194. The molecule has 4 aromatic rings. The van der Waals surface area contributed by atoms with Gasteiger partial charge in [-0.1, -0.05) is 48.0 Å². The summed E-state index contributed by atoms with van der Waals surface area (Å²) in [6.07, 6.45) is 2.22. The highest BCUT2D eigenvalue weighted by Crippen LogP contribution is 2.33. The van der Waals surface area contributed by atoms with Crippen LogP contribution < -0.4 is 5.32 Å². The van der Waals surface area contributed by atoms with Gasteiger partial charge in [-0.3, -0.25) is 4.79 Å². The number of carbonyl (C=O) groups excluding carboxylic acids is 1. The topological polar surface area (TPSA) is 34.0 Å². The lowest BCUT2D eigenvalue weighted by atomic mass is 10.1. The highest BCUT2D eigenvalue weighted by molar-refractivity contribution is 7.98. The summed E-state index contributed by atoms with van der Waals surface area (Å²) in [6, 6.07) is 21.0. The van der Waals surface area contributed by atoms with E-state index in [1.165, 1.54) is 38.1 Å². The largest absolute Gasteiger partial charge is 0.350 e. The molecule has 0 spiro atoms. The fourth-order valence-corrected chi connectivity index (χ4v) is 5.05. The minimum Gasteiger partial charge on any atom is -0.350 e. The van der Waals surface area contributed by atoms with Crippen LogP contribution in [0.25, 0.3) is 10.9 Å². The molecule has 0 aliphatic rings. The molecule has 1 aromatic heterocycles. The molecule has 4 rings (SSSR count). The first-order valence-corrected chi connectivity index (χ1v) is 12.0. The van der Waals surface area contributed by atoms with Gasteiger partial charge < -0.3 is 9.88 Å². The van der Waals surface area contributed by atoms with Crippen LogP contribution in [0.4, 0.5) is 0 Å². The van der Waals surface area contributed by atoms with E-state index in [4.69, 9.17) is 0 Å². The second-order valence-corrected chi connectivity index (χ2v) is 9.49. The molecule has 32 heavy (non-hydrogen) atoms. The summed E-state index contributed by atoms with van der Waals surface area (Å²) in [5.41, 5.74) is 8.28. The van der Waals surface area contributed by atoms with Crippen LogP contribution in [-0.2, 0) is 12.3 Å². The smallest absolute Gasteiger partial charge is 0.251 e. The molecule has 3 aromatic carbocycles. The molecule has 1 N–H and O–H groups in total. The van der Waals surface area contributed by atoms with Gasteiger partial charge in [0.15, 0.2) is 0 Å². The van der Waals surface area contributed by atoms with Gasteiger partial charge in [-0.2, -0.15) is 0 Å². The van der Waals surface area contributed by atoms with Crippen LogP contribution >= 0.6 is 11.8 Å². The summed E-state index contributed by atoms with van der Waals surface area (Å²) in [6.45, 7) is 9.74. The molecule has 1 amide bonds. The first kappa shape index (κ1) is 22.2. The third-order valence-electron chi connectivity index (χ3n) is 6.05. The maximum atomic E-state index is 12.6. The van der Waals surface area contributed by atoms with Gasteiger partial charge in [0.25, 0.3) is 5.91 Å². The van der Waals surface area contributed by atoms with Crippen molar-refractivity contribution in [3.05, 3.63) is 100 Å². The Morgan fingerprint density at radius 2 is 1.69 bits per heavy atom. The number of nitrogens with one attached hydrogen (secondary N) is 1. The van der Waals surface area contributed by atoms with Crippen molar-refractivity contribution in [3.8, 4) is 0 Å². The third-order valence-corrected chi connectivity index (χ3v) is 7.14. The predicted octanol–water partition coefficient (Wildman–Crippen LogP) is 6.60. The standard InChI is InChI=1S/C28H30N2OS/c1-19-9-10-21(3)24(15-19)18-32-27-17-30(26-8-6-5-7-25(26)27)14-13-29-28(31)23-12-11-20(2)22(4)16-23/h5-12,15-17H,13-14,18H2,1-4H3,(H,29,31). The van der Waals surface area contributed by atoms with Gasteiger partial charge in [0.2, 0.25) is 0 Å². The molecule has 0 fully saturated rings. The molecule has 0 saturated heterocycles. The van der Waals surface area contributed by atoms with E-state index in [2.05, 4.69) is 79.3 Å². The number of aryl methyl sites for hydroxylation is 4. The number of benzene rings is 3. The monoisotopic (exact) mass is 442 g/mol. The zero-order valence-corrected chi connectivity index (χ0v) is 20.1. The lowest BCUT2D eigenvalue weighted by Crippen LogP contribution is -2.27. The van der Waals surface area contributed by atoms with E-state index >= 15 is 0 Å². The van der Waals surface area contributed by atoms with Gasteiger partial charge in [-0.05, 0) is 68.1 Å². The van der Waals surface area contributed by atoms with Crippen LogP contribution in [0.5, 0.6) is 0 Å². The number of fused-ring (bicyclic) bond motifs is 1. The summed E-state index contributed by atoms with van der Waals surface area (Å²) < 4.78 is 2.25. The molecule has 0 atom stereocenters. The molecule has 0 unspecified atom stereocenters. The average Bonchev–Trinajstić information content (AvgIpc) is 3.14. The lowest BCUT2D eigenvalue weighted by Gasteiger charge is -2.09. The summed E-state index contributed by atoms with van der Waals surface area (Å²) >= 11 is 1.88. The maximum Gasteiger partial charge on any atom is 0.251 e. The Labute approximate surface area is 194 Å². The van der Waals surface area contributed by atoms with Crippen LogP contribution in [0.1, 0.15) is 38.2 Å². The number of nitrogens with zero attached hydrogens (tertiary/aromatic N) is 1. The Morgan fingerprint density at radius 1 is 0.906 bits per heavy atom. The van der Waals surface area contributed by atoms with Crippen molar-refractivity contribution in [2.75, 3.05) is 6.54 Å². The molecule has 0 radical (unpaired) electrons. The number of hydrogen-bond donors (Lipinski definition) is 1. The highest BCUT2D eigenvalue weighted by Gasteiger charge is 2.11. The molecular weight excluding hydrogens is 412 g/mol. The summed E-state index contributed by atoms with van der Waals surface area (Å²) in [7, 11) is 0. The van der Waals surface area contributed by atoms with Crippen molar-refractivity contribution in [2.45, 2.75) is 44.9 Å². The van der Waals surface area contributed by atoms with E-state index in [0.717, 1.165) is 23.4 Å². The molecule has 3 nitrogen and oxygen atoms in total. The van der Waals surface area contributed by atoms with E-state index in [1.54, 1.807) is 0 Å². The summed E-state index contributed by atoms with van der Waals surface area (Å²) in [5, 5.41) is 4.34. The van der Waals surface area contributed by atoms with Gasteiger partial charge in [-0.15, -0.1) is 11.8 Å². The number of rotatable bonds is 7. The highest BCUT2D eigenvalue weighted by atomic mass is 32.2. The number of carbonyl (C=O) groups is 1. The van der Waals surface area contributed by atoms with Crippen LogP contribution in [0.15, 0.2) is 71.8 Å². The van der Waals surface area contributed by atoms with Crippen molar-refractivity contribution in [1.82, 2.24) is 9.88 Å². The zero-order valence-electron chi connectivity index (χ0n) is 19.2. The molecule has 164 valence electrons. The number of aromatic nitrogens is 1. The van der Waals surface area contributed by atoms with Gasteiger partial charge in [0, 0.05) is 46.4 Å². The number of thioether (sulfide) groups is 1. The van der Waals surface area contributed by atoms with Crippen molar-refractivity contribution < 1.29 is 4.79 Å². The van der Waals surface area contributed by atoms with Gasteiger partial charge in [0.1, 0.15) is 0 Å². The SMILES string of the molecule is Cc1ccc(C)c(CSc2cn(CCNC(=O)c3ccc(C)c(C)c3)c3ccccc23)c1. The first-order chi connectivity index (χ1) is 15.4. The first-order valence-electron chi connectivity index (χ1n) is 11.0. The van der Waals surface area contributed by atoms with Crippen LogP contribution in [-0.4, -0.2) is 17.0 Å². The second kappa shape index (κ2) is 9.66. The molecule has 4 heteroatoms. The van der Waals surface area contributed by atoms with E-state index in [-0.39, 0.29) is 5.91 Å². The molecule has 0 saturated carbocycles. The van der Waals surface area contributed by atoms with Crippen LogP contribution in [0.3, 0.4) is 0 Å². The normalized spacial score (nSPS) is 11.1. The molecule has 0 bridgehead atoms. The van der Waals surface area contributed by atoms with Crippen molar-refractivity contribution >= 4 is 28.6 Å². The van der Waals surface area contributed by atoms with Crippen molar-refractivity contribution in [2.24, 2.45) is 0 Å². The summed E-state index contributed by atoms with van der Waals surface area (Å²) in [4.78, 5) is 13.8. The fourth-order valence-electron chi connectivity index (χ4n) is 3.90. The van der Waals surface area contributed by atoms with Gasteiger partial charge >= 0.3 is 0 Å². The van der Waals surface area contributed by atoms with Gasteiger partial charge in [0.05, 0.1) is 0 Å². The van der Waals surface area contributed by atoms with Crippen molar-refractivity contribution in [1.29, 1.82) is 0 Å². The quantitative estimate of drug-likeness (QED) is 0.327. The van der Waals surface area contributed by atoms with E-state index in [9.17, 15) is 4.79 Å². The van der Waals surface area contributed by atoms with Crippen LogP contribution in [0, 0.1) is 27.7 Å². The average molecular weight is 443 g/mol. The Hall–Kier alpha value is -2.98. The number of hydrogen-bond acceptors (Lipinski definition) is 2. The predicted molar refractivity (Wildman–Crippen MR) is 136 cm³/mol.